The summed E-state index contributed by atoms with van der Waals surface area (Å²) in [7, 11) is -7.57. The second kappa shape index (κ2) is 5.67. The van der Waals surface area contributed by atoms with Crippen LogP contribution in [0.3, 0.4) is 0 Å². The van der Waals surface area contributed by atoms with Crippen molar-refractivity contribution in [3.63, 3.8) is 0 Å². The summed E-state index contributed by atoms with van der Waals surface area (Å²) in [6, 6.07) is 0. The van der Waals surface area contributed by atoms with Gasteiger partial charge in [0.1, 0.15) is 0 Å². The van der Waals surface area contributed by atoms with Gasteiger partial charge in [-0.3, -0.25) is 0 Å². The normalized spacial score (nSPS) is 13.0. The van der Waals surface area contributed by atoms with E-state index in [-0.39, 0.29) is 5.75 Å². The van der Waals surface area contributed by atoms with Crippen LogP contribution in [0.25, 0.3) is 0 Å². The Balaban J connectivity index is 3.98. The van der Waals surface area contributed by atoms with Crippen molar-refractivity contribution in [2.45, 2.75) is 32.6 Å². The number of hydrogen-bond donors (Lipinski definition) is 0. The van der Waals surface area contributed by atoms with Gasteiger partial charge >= 0.3 is 0 Å². The lowest BCUT2D eigenvalue weighted by Gasteiger charge is -2.01. The van der Waals surface area contributed by atoms with Gasteiger partial charge in [0.25, 0.3) is 0 Å². The molecule has 0 rings (SSSR count). The Morgan fingerprint density at radius 1 is 1.00 bits per heavy atom. The van der Waals surface area contributed by atoms with Crippen molar-refractivity contribution in [1.82, 2.24) is 4.13 Å². The fourth-order valence-corrected chi connectivity index (χ4v) is 3.47. The quantitative estimate of drug-likeness (QED) is 0.607. The molecule has 0 spiro atoms. The molecule has 0 aromatic rings. The van der Waals surface area contributed by atoms with E-state index in [9.17, 15) is 16.8 Å². The van der Waals surface area contributed by atoms with Crippen molar-refractivity contribution < 1.29 is 16.8 Å². The number of hydrogen-bond acceptors (Lipinski definition) is 4. The first-order valence-corrected chi connectivity index (χ1v) is 7.89. The summed E-state index contributed by atoms with van der Waals surface area (Å²) < 4.78 is 46.1. The average Bonchev–Trinajstić information content (AvgIpc) is 1.93. The molecule has 0 aliphatic heterocycles. The van der Waals surface area contributed by atoms with Gasteiger partial charge in [-0.05, 0) is 6.42 Å². The summed E-state index contributed by atoms with van der Waals surface area (Å²) in [4.78, 5) is 0. The molecule has 0 aliphatic rings. The summed E-state index contributed by atoms with van der Waals surface area (Å²) in [5.41, 5.74) is 0. The highest BCUT2D eigenvalue weighted by atomic mass is 32.3. The lowest BCUT2D eigenvalue weighted by atomic mass is 10.2. The van der Waals surface area contributed by atoms with Gasteiger partial charge in [-0.2, -0.15) is 0 Å². The first kappa shape index (κ1) is 13.9. The van der Waals surface area contributed by atoms with E-state index < -0.39 is 20.0 Å². The zero-order chi connectivity index (χ0) is 11.2. The van der Waals surface area contributed by atoms with Crippen LogP contribution in [0.1, 0.15) is 32.6 Å². The highest BCUT2D eigenvalue weighted by molar-refractivity contribution is 8.04. The van der Waals surface area contributed by atoms with Crippen molar-refractivity contribution in [3.05, 3.63) is 0 Å². The minimum Gasteiger partial charge on any atom is -0.210 e. The molecule has 0 aliphatic carbocycles. The number of rotatable bonds is 7. The van der Waals surface area contributed by atoms with Gasteiger partial charge in [0.2, 0.25) is 20.0 Å². The largest absolute Gasteiger partial charge is 0.242 e. The molecule has 0 heterocycles. The van der Waals surface area contributed by atoms with E-state index in [2.05, 4.69) is 4.13 Å². The average molecular weight is 242 g/mol. The van der Waals surface area contributed by atoms with Crippen molar-refractivity contribution in [2.24, 2.45) is 0 Å². The zero-order valence-corrected chi connectivity index (χ0v) is 10.1. The first-order chi connectivity index (χ1) is 6.27. The Kier molecular flexibility index (Phi) is 5.61. The van der Waals surface area contributed by atoms with E-state index in [1.807, 2.05) is 6.92 Å². The van der Waals surface area contributed by atoms with Crippen LogP contribution in [0.2, 0.25) is 0 Å². The van der Waals surface area contributed by atoms with Crippen LogP contribution < -0.4 is 4.13 Å². The molecule has 0 atom stereocenters. The van der Waals surface area contributed by atoms with Gasteiger partial charge in [0.15, 0.2) is 0 Å². The molecule has 7 heteroatoms. The maximum Gasteiger partial charge on any atom is 0.242 e. The molecule has 0 N–H and O–H groups in total. The minimum atomic E-state index is -3.79. The second-order valence-corrected chi connectivity index (χ2v) is 6.79. The molecule has 14 heavy (non-hydrogen) atoms. The highest BCUT2D eigenvalue weighted by Crippen LogP contribution is 2.02. The summed E-state index contributed by atoms with van der Waals surface area (Å²) in [6.07, 6.45) is 3.98. The monoisotopic (exact) mass is 242 g/mol. The van der Waals surface area contributed by atoms with Crippen LogP contribution in [0.5, 0.6) is 0 Å². The van der Waals surface area contributed by atoms with Crippen LogP contribution in [0.4, 0.5) is 0 Å². The van der Waals surface area contributed by atoms with E-state index in [1.165, 1.54) is 0 Å². The molecule has 85 valence electrons. The molecule has 0 unspecified atom stereocenters. The van der Waals surface area contributed by atoms with Crippen LogP contribution in [-0.4, -0.2) is 28.8 Å². The molecule has 5 nitrogen and oxygen atoms in total. The van der Waals surface area contributed by atoms with Crippen LogP contribution in [0, 0.1) is 0 Å². The maximum absolute atomic E-state index is 11.1. The summed E-state index contributed by atoms with van der Waals surface area (Å²) in [5.74, 6) is -0.180. The maximum atomic E-state index is 11.1. The molecule has 0 aromatic heterocycles. The molecule has 0 aromatic carbocycles. The van der Waals surface area contributed by atoms with Crippen LogP contribution in [-0.2, 0) is 20.0 Å². The third kappa shape index (κ3) is 8.46. The number of nitrogens with zero attached hydrogens (tertiary/aromatic N) is 1. The van der Waals surface area contributed by atoms with E-state index in [4.69, 9.17) is 0 Å². The van der Waals surface area contributed by atoms with Gasteiger partial charge in [-0.25, -0.2) is 16.8 Å². The highest BCUT2D eigenvalue weighted by Gasteiger charge is 2.18. The molecule has 0 saturated heterocycles. The fourth-order valence-electron chi connectivity index (χ4n) is 0.955. The van der Waals surface area contributed by atoms with Crippen molar-refractivity contribution in [3.8, 4) is 0 Å². The summed E-state index contributed by atoms with van der Waals surface area (Å²) in [5, 5.41) is 0. The van der Waals surface area contributed by atoms with Gasteiger partial charge in [0.05, 0.1) is 12.0 Å². The first-order valence-electron chi connectivity index (χ1n) is 4.44. The Morgan fingerprint density at radius 2 is 1.57 bits per heavy atom. The van der Waals surface area contributed by atoms with Gasteiger partial charge < -0.3 is 0 Å². The standard InChI is InChI=1S/C7H16NO4S2/c1-3-4-5-6-7-14(11,12)8-13(2,9)10/h3-7H2,1-2H3. The van der Waals surface area contributed by atoms with Gasteiger partial charge in [-0.15, -0.1) is 0 Å². The molecular formula is C7H16NO4S2. The predicted molar refractivity (Wildman–Crippen MR) is 54.9 cm³/mol. The van der Waals surface area contributed by atoms with E-state index in [1.54, 1.807) is 0 Å². The molecule has 0 saturated carbocycles. The third-order valence-electron chi connectivity index (χ3n) is 1.50. The Morgan fingerprint density at radius 3 is 2.00 bits per heavy atom. The predicted octanol–water partition coefficient (Wildman–Crippen LogP) is 0.461. The minimum absolute atomic E-state index is 0.180. The number of sulfonamides is 2. The Bertz CT molecular complexity index is 344. The second-order valence-electron chi connectivity index (χ2n) is 3.15. The van der Waals surface area contributed by atoms with Gasteiger partial charge in [0, 0.05) is 4.13 Å². The van der Waals surface area contributed by atoms with Crippen molar-refractivity contribution in [2.75, 3.05) is 12.0 Å². The molecule has 1 radical (unpaired) electrons. The topological polar surface area (TPSA) is 82.4 Å². The van der Waals surface area contributed by atoms with Crippen LogP contribution >= 0.6 is 0 Å². The van der Waals surface area contributed by atoms with E-state index in [0.29, 0.717) is 6.42 Å². The smallest absolute Gasteiger partial charge is 0.210 e. The van der Waals surface area contributed by atoms with Crippen molar-refractivity contribution >= 4 is 20.0 Å². The third-order valence-corrected chi connectivity index (χ3v) is 4.30. The molecule has 0 fully saturated rings. The lowest BCUT2D eigenvalue weighted by Crippen LogP contribution is -2.24. The zero-order valence-electron chi connectivity index (χ0n) is 8.43. The summed E-state index contributed by atoms with van der Waals surface area (Å²) >= 11 is 0. The molecule has 0 bridgehead atoms. The van der Waals surface area contributed by atoms with E-state index >= 15 is 0 Å². The van der Waals surface area contributed by atoms with Gasteiger partial charge in [-0.1, -0.05) is 26.2 Å². The van der Waals surface area contributed by atoms with Crippen molar-refractivity contribution in [1.29, 1.82) is 0 Å². The lowest BCUT2D eigenvalue weighted by molar-refractivity contribution is 0.574. The SMILES string of the molecule is CCCCCCS(=O)(=O)[N]S(C)(=O)=O. The fraction of sp³-hybridized carbons (Fsp3) is 1.00. The molecular weight excluding hydrogens is 226 g/mol. The van der Waals surface area contributed by atoms with E-state index in [0.717, 1.165) is 25.5 Å². The summed E-state index contributed by atoms with van der Waals surface area (Å²) in [6.45, 7) is 2.01. The molecule has 0 amide bonds. The Hall–Kier alpha value is -0.140. The Labute approximate surface area is 86.0 Å². The van der Waals surface area contributed by atoms with Crippen LogP contribution in [0.15, 0.2) is 0 Å². The number of unbranched alkanes of at least 4 members (excludes halogenated alkanes) is 3.